The van der Waals surface area contributed by atoms with E-state index in [9.17, 15) is 4.79 Å². The van der Waals surface area contributed by atoms with Crippen LogP contribution in [0.3, 0.4) is 0 Å². The lowest BCUT2D eigenvalue weighted by Gasteiger charge is -2.25. The number of carbonyl (C=O) groups is 1. The van der Waals surface area contributed by atoms with Gasteiger partial charge in [-0.3, -0.25) is 4.79 Å². The van der Waals surface area contributed by atoms with Crippen molar-refractivity contribution in [3.05, 3.63) is 108 Å². The van der Waals surface area contributed by atoms with Gasteiger partial charge in [-0.15, -0.1) is 10.1 Å². The number of nitrogens with zero attached hydrogens (tertiary/aromatic N) is 2. The molecule has 0 radical (unpaired) electrons. The third kappa shape index (κ3) is 5.58. The SMILES string of the molecule is CCOON1C(=O)/C(=C/C=C/c2ccc(N(c3ccccc3)c3ccccc3)cc2)SC1=S. The molecule has 0 aromatic heterocycles. The van der Waals surface area contributed by atoms with Crippen LogP contribution >= 0.6 is 24.0 Å². The van der Waals surface area contributed by atoms with Gasteiger partial charge in [0.15, 0.2) is 4.32 Å². The first-order valence-corrected chi connectivity index (χ1v) is 11.6. The first-order chi connectivity index (χ1) is 16.2. The quantitative estimate of drug-likeness (QED) is 0.155. The van der Waals surface area contributed by atoms with Gasteiger partial charge in [0.25, 0.3) is 5.91 Å². The van der Waals surface area contributed by atoms with Crippen molar-refractivity contribution in [2.24, 2.45) is 0 Å². The molecule has 5 nitrogen and oxygen atoms in total. The molecule has 0 unspecified atom stereocenters. The van der Waals surface area contributed by atoms with E-state index in [0.717, 1.165) is 27.7 Å². The van der Waals surface area contributed by atoms with E-state index in [4.69, 9.17) is 22.1 Å². The zero-order chi connectivity index (χ0) is 23.0. The molecule has 1 heterocycles. The van der Waals surface area contributed by atoms with Gasteiger partial charge in [0.1, 0.15) is 0 Å². The number of rotatable bonds is 8. The number of thioether (sulfide) groups is 1. The van der Waals surface area contributed by atoms with Gasteiger partial charge in [-0.05, 0) is 67.2 Å². The van der Waals surface area contributed by atoms with Crippen molar-refractivity contribution in [1.82, 2.24) is 5.06 Å². The Morgan fingerprint density at radius 3 is 2.06 bits per heavy atom. The minimum atomic E-state index is -0.334. The summed E-state index contributed by atoms with van der Waals surface area (Å²) in [5.41, 5.74) is 4.24. The van der Waals surface area contributed by atoms with Crippen molar-refractivity contribution in [2.45, 2.75) is 6.92 Å². The second-order valence-corrected chi connectivity index (χ2v) is 8.61. The molecule has 0 spiro atoms. The van der Waals surface area contributed by atoms with Gasteiger partial charge in [-0.1, -0.05) is 72.4 Å². The zero-order valence-corrected chi connectivity index (χ0v) is 19.6. The number of allylic oxidation sites excluding steroid dienone is 2. The number of para-hydroxylation sites is 2. The minimum absolute atomic E-state index is 0.305. The van der Waals surface area contributed by atoms with Crippen molar-refractivity contribution in [3.8, 4) is 0 Å². The van der Waals surface area contributed by atoms with E-state index < -0.39 is 0 Å². The number of thiocarbonyl (C=S) groups is 1. The number of hydrogen-bond acceptors (Lipinski definition) is 6. The van der Waals surface area contributed by atoms with Crippen LogP contribution < -0.4 is 4.90 Å². The van der Waals surface area contributed by atoms with Crippen LogP contribution in [0.15, 0.2) is 102 Å². The third-order valence-corrected chi connectivity index (χ3v) is 6.01. The average molecular weight is 475 g/mol. The molecule has 1 amide bonds. The van der Waals surface area contributed by atoms with Gasteiger partial charge in [0.05, 0.1) is 11.5 Å². The number of hydrogen-bond donors (Lipinski definition) is 0. The van der Waals surface area contributed by atoms with Gasteiger partial charge in [-0.25, -0.2) is 4.89 Å². The summed E-state index contributed by atoms with van der Waals surface area (Å²) in [6.45, 7) is 2.08. The maximum Gasteiger partial charge on any atom is 0.292 e. The zero-order valence-electron chi connectivity index (χ0n) is 18.0. The van der Waals surface area contributed by atoms with E-state index in [1.54, 1.807) is 13.0 Å². The molecule has 1 aliphatic rings. The smallest absolute Gasteiger partial charge is 0.292 e. The normalized spacial score (nSPS) is 15.1. The van der Waals surface area contributed by atoms with Gasteiger partial charge >= 0.3 is 0 Å². The Labute approximate surface area is 202 Å². The molecule has 1 saturated heterocycles. The largest absolute Gasteiger partial charge is 0.311 e. The fraction of sp³-hybridized carbons (Fsp3) is 0.0769. The molecular formula is C26H22N2O3S2. The van der Waals surface area contributed by atoms with Gasteiger partial charge < -0.3 is 4.90 Å². The molecule has 0 aliphatic carbocycles. The Kier molecular flexibility index (Phi) is 7.70. The lowest BCUT2D eigenvalue weighted by atomic mass is 10.1. The topological polar surface area (TPSA) is 42.0 Å². The van der Waals surface area contributed by atoms with Crippen LogP contribution in [0.5, 0.6) is 0 Å². The Bertz CT molecular complexity index is 1120. The maximum atomic E-state index is 12.4. The molecule has 0 bridgehead atoms. The van der Waals surface area contributed by atoms with Gasteiger partial charge in [0.2, 0.25) is 0 Å². The highest BCUT2D eigenvalue weighted by molar-refractivity contribution is 8.26. The fourth-order valence-electron chi connectivity index (χ4n) is 3.22. The van der Waals surface area contributed by atoms with Gasteiger partial charge in [0, 0.05) is 17.1 Å². The molecular weight excluding hydrogens is 452 g/mol. The first kappa shape index (κ1) is 22.9. The van der Waals surface area contributed by atoms with Crippen LogP contribution in [-0.4, -0.2) is 21.9 Å². The highest BCUT2D eigenvalue weighted by Gasteiger charge is 2.33. The van der Waals surface area contributed by atoms with Crippen molar-refractivity contribution < 1.29 is 14.7 Å². The minimum Gasteiger partial charge on any atom is -0.311 e. The summed E-state index contributed by atoms with van der Waals surface area (Å²) in [6.07, 6.45) is 5.49. The van der Waals surface area contributed by atoms with E-state index in [-0.39, 0.29) is 5.91 Å². The highest BCUT2D eigenvalue weighted by atomic mass is 32.2. The van der Waals surface area contributed by atoms with Crippen LogP contribution in [-0.2, 0) is 14.7 Å². The molecule has 0 atom stereocenters. The molecule has 7 heteroatoms. The van der Waals surface area contributed by atoms with Crippen LogP contribution in [0.4, 0.5) is 17.1 Å². The fourth-order valence-corrected chi connectivity index (χ4v) is 4.30. The summed E-state index contributed by atoms with van der Waals surface area (Å²) in [5, 5.41) is 0.986. The predicted octanol–water partition coefficient (Wildman–Crippen LogP) is 6.80. The van der Waals surface area contributed by atoms with Crippen molar-refractivity contribution in [1.29, 1.82) is 0 Å². The predicted molar refractivity (Wildman–Crippen MR) is 138 cm³/mol. The van der Waals surface area contributed by atoms with Crippen LogP contribution in [0.25, 0.3) is 6.08 Å². The summed E-state index contributed by atoms with van der Waals surface area (Å²) in [5.74, 6) is -0.334. The number of benzene rings is 3. The van der Waals surface area contributed by atoms with E-state index >= 15 is 0 Å². The lowest BCUT2D eigenvalue weighted by molar-refractivity contribution is -0.381. The summed E-state index contributed by atoms with van der Waals surface area (Å²) in [4.78, 5) is 24.8. The van der Waals surface area contributed by atoms with Crippen LogP contribution in [0.2, 0.25) is 0 Å². The highest BCUT2D eigenvalue weighted by Crippen LogP contribution is 2.34. The Hall–Kier alpha value is -3.23. The molecule has 3 aromatic rings. The molecule has 166 valence electrons. The third-order valence-electron chi connectivity index (χ3n) is 4.72. The monoisotopic (exact) mass is 474 g/mol. The summed E-state index contributed by atoms with van der Waals surface area (Å²) >= 11 is 6.34. The van der Waals surface area contributed by atoms with Crippen LogP contribution in [0, 0.1) is 0 Å². The van der Waals surface area contributed by atoms with Crippen LogP contribution in [0.1, 0.15) is 12.5 Å². The molecule has 3 aromatic carbocycles. The Morgan fingerprint density at radius 1 is 0.909 bits per heavy atom. The summed E-state index contributed by atoms with van der Waals surface area (Å²) in [7, 11) is 0. The number of amides is 1. The molecule has 1 aliphatic heterocycles. The molecule has 33 heavy (non-hydrogen) atoms. The second-order valence-electron chi connectivity index (χ2n) is 6.94. The maximum absolute atomic E-state index is 12.4. The Morgan fingerprint density at radius 2 is 1.48 bits per heavy atom. The van der Waals surface area contributed by atoms with E-state index in [2.05, 4.69) is 41.3 Å². The summed E-state index contributed by atoms with van der Waals surface area (Å²) < 4.78 is 0.305. The molecule has 0 saturated carbocycles. The number of carbonyl (C=O) groups excluding carboxylic acids is 1. The Balaban J connectivity index is 1.51. The summed E-state index contributed by atoms with van der Waals surface area (Å²) in [6, 6.07) is 28.8. The molecule has 0 N–H and O–H groups in total. The second kappa shape index (κ2) is 11.1. The van der Waals surface area contributed by atoms with E-state index in [1.807, 2.05) is 60.7 Å². The number of hydroxylamine groups is 2. The van der Waals surface area contributed by atoms with E-state index in [1.165, 1.54) is 11.8 Å². The lowest BCUT2D eigenvalue weighted by Crippen LogP contribution is -2.28. The average Bonchev–Trinajstić information content (AvgIpc) is 3.12. The first-order valence-electron chi connectivity index (χ1n) is 10.4. The molecule has 1 fully saturated rings. The van der Waals surface area contributed by atoms with Gasteiger partial charge in [-0.2, -0.15) is 0 Å². The molecule has 4 rings (SSSR count). The standard InChI is InChI=1S/C26H22N2O3S2/c1-2-30-31-28-25(29)24(33-26(28)32)15-9-10-20-16-18-23(19-17-20)27(21-11-5-3-6-12-21)22-13-7-4-8-14-22/h3-19H,2H2,1H3/b10-9+,24-15-. The van der Waals surface area contributed by atoms with Crippen molar-refractivity contribution >= 4 is 57.3 Å². The number of anilines is 3. The van der Waals surface area contributed by atoms with Crippen molar-refractivity contribution in [2.75, 3.05) is 11.5 Å². The van der Waals surface area contributed by atoms with E-state index in [0.29, 0.717) is 15.8 Å². The van der Waals surface area contributed by atoms with Crippen molar-refractivity contribution in [3.63, 3.8) is 0 Å².